The fourth-order valence-electron chi connectivity index (χ4n) is 1.49. The van der Waals surface area contributed by atoms with Crippen molar-refractivity contribution in [2.24, 2.45) is 0 Å². The van der Waals surface area contributed by atoms with Gasteiger partial charge in [-0.1, -0.05) is 30.4 Å². The molecule has 0 radical (unpaired) electrons. The Bertz CT molecular complexity index is 383. The molecule has 0 amide bonds. The largest absolute Gasteiger partial charge is 0.479 e. The number of carboxylic acid groups (broad SMARTS) is 1. The molecule has 0 bridgehead atoms. The molecule has 86 valence electrons. The molecule has 3 nitrogen and oxygen atoms in total. The average molecular weight is 220 g/mol. The Hall–Kier alpha value is -1.61. The molecule has 16 heavy (non-hydrogen) atoms. The molecular formula is C13H16O3. The lowest BCUT2D eigenvalue weighted by Gasteiger charge is -2.13. The van der Waals surface area contributed by atoms with Gasteiger partial charge in [0.05, 0.1) is 0 Å². The second kappa shape index (κ2) is 6.08. The van der Waals surface area contributed by atoms with E-state index < -0.39 is 12.1 Å². The van der Waals surface area contributed by atoms with Gasteiger partial charge in [-0.25, -0.2) is 4.79 Å². The average Bonchev–Trinajstić information content (AvgIpc) is 2.26. The van der Waals surface area contributed by atoms with E-state index in [9.17, 15) is 4.79 Å². The van der Waals surface area contributed by atoms with Crippen LogP contribution in [-0.2, 0) is 9.53 Å². The molecule has 0 aromatic heterocycles. The number of hydrogen-bond acceptors (Lipinski definition) is 2. The molecule has 0 saturated heterocycles. The van der Waals surface area contributed by atoms with Crippen LogP contribution in [0.2, 0.25) is 0 Å². The number of ether oxygens (including phenoxy) is 1. The Labute approximate surface area is 95.4 Å². The van der Waals surface area contributed by atoms with Crippen LogP contribution in [0.5, 0.6) is 0 Å². The number of rotatable bonds is 5. The summed E-state index contributed by atoms with van der Waals surface area (Å²) in [6, 6.07) is 7.35. The molecule has 0 heterocycles. The van der Waals surface area contributed by atoms with Gasteiger partial charge in [0.15, 0.2) is 6.10 Å². The van der Waals surface area contributed by atoms with Gasteiger partial charge in [-0.15, -0.1) is 0 Å². The first-order valence-electron chi connectivity index (χ1n) is 5.26. The van der Waals surface area contributed by atoms with Crippen molar-refractivity contribution in [1.29, 1.82) is 0 Å². The van der Waals surface area contributed by atoms with E-state index in [1.165, 1.54) is 0 Å². The zero-order valence-corrected chi connectivity index (χ0v) is 9.51. The minimum absolute atomic E-state index is 0.380. The van der Waals surface area contributed by atoms with E-state index in [1.54, 1.807) is 13.0 Å². The Morgan fingerprint density at radius 3 is 2.88 bits per heavy atom. The minimum Gasteiger partial charge on any atom is -0.479 e. The van der Waals surface area contributed by atoms with E-state index >= 15 is 0 Å². The van der Waals surface area contributed by atoms with Gasteiger partial charge in [0, 0.05) is 6.61 Å². The Kier molecular flexibility index (Phi) is 4.73. The van der Waals surface area contributed by atoms with Gasteiger partial charge >= 0.3 is 5.97 Å². The van der Waals surface area contributed by atoms with Gasteiger partial charge in [0.25, 0.3) is 0 Å². The van der Waals surface area contributed by atoms with Gasteiger partial charge < -0.3 is 9.84 Å². The van der Waals surface area contributed by atoms with E-state index in [-0.39, 0.29) is 0 Å². The van der Waals surface area contributed by atoms with E-state index in [2.05, 4.69) is 0 Å². The van der Waals surface area contributed by atoms with Gasteiger partial charge in [0.2, 0.25) is 0 Å². The molecule has 0 aliphatic carbocycles. The minimum atomic E-state index is -0.959. The predicted molar refractivity (Wildman–Crippen MR) is 63.2 cm³/mol. The van der Waals surface area contributed by atoms with Crippen LogP contribution in [0.1, 0.15) is 31.1 Å². The lowest BCUT2D eigenvalue weighted by Crippen LogP contribution is -2.15. The SMILES string of the molecule is C/C=C/c1cccc([C@H](OCC)C(=O)O)c1. The summed E-state index contributed by atoms with van der Waals surface area (Å²) >= 11 is 0. The second-order valence-corrected chi connectivity index (χ2v) is 3.34. The highest BCUT2D eigenvalue weighted by Gasteiger charge is 2.19. The zero-order valence-electron chi connectivity index (χ0n) is 9.51. The first kappa shape index (κ1) is 12.5. The molecule has 0 saturated carbocycles. The van der Waals surface area contributed by atoms with Crippen molar-refractivity contribution in [2.45, 2.75) is 20.0 Å². The summed E-state index contributed by atoms with van der Waals surface area (Å²) in [5.41, 5.74) is 1.65. The van der Waals surface area contributed by atoms with E-state index in [0.29, 0.717) is 12.2 Å². The Morgan fingerprint density at radius 1 is 1.56 bits per heavy atom. The van der Waals surface area contributed by atoms with Crippen LogP contribution in [-0.4, -0.2) is 17.7 Å². The van der Waals surface area contributed by atoms with Gasteiger partial charge in [-0.05, 0) is 31.0 Å². The molecule has 1 atom stereocenters. The Morgan fingerprint density at radius 2 is 2.31 bits per heavy atom. The number of carboxylic acids is 1. The summed E-state index contributed by atoms with van der Waals surface area (Å²) in [5.74, 6) is -0.959. The van der Waals surface area contributed by atoms with E-state index in [1.807, 2.05) is 37.3 Å². The number of hydrogen-bond donors (Lipinski definition) is 1. The number of allylic oxidation sites excluding steroid dienone is 1. The normalized spacial score (nSPS) is 12.9. The topological polar surface area (TPSA) is 46.5 Å². The third-order valence-electron chi connectivity index (χ3n) is 2.13. The first-order chi connectivity index (χ1) is 7.69. The summed E-state index contributed by atoms with van der Waals surface area (Å²) in [6.07, 6.45) is 2.96. The van der Waals surface area contributed by atoms with Crippen LogP contribution in [0.15, 0.2) is 30.3 Å². The van der Waals surface area contributed by atoms with Crippen molar-refractivity contribution in [3.8, 4) is 0 Å². The van der Waals surface area contributed by atoms with Gasteiger partial charge in [-0.3, -0.25) is 0 Å². The van der Waals surface area contributed by atoms with Crippen molar-refractivity contribution < 1.29 is 14.6 Å². The van der Waals surface area contributed by atoms with Crippen LogP contribution in [0.25, 0.3) is 6.08 Å². The summed E-state index contributed by atoms with van der Waals surface area (Å²) in [5, 5.41) is 9.04. The lowest BCUT2D eigenvalue weighted by atomic mass is 10.1. The molecule has 3 heteroatoms. The number of benzene rings is 1. The molecular weight excluding hydrogens is 204 g/mol. The van der Waals surface area contributed by atoms with Crippen LogP contribution in [0.3, 0.4) is 0 Å². The quantitative estimate of drug-likeness (QED) is 0.829. The highest BCUT2D eigenvalue weighted by Crippen LogP contribution is 2.19. The first-order valence-corrected chi connectivity index (χ1v) is 5.26. The molecule has 0 aliphatic heterocycles. The fourth-order valence-corrected chi connectivity index (χ4v) is 1.49. The highest BCUT2D eigenvalue weighted by atomic mass is 16.5. The fraction of sp³-hybridized carbons (Fsp3) is 0.308. The van der Waals surface area contributed by atoms with E-state index in [0.717, 1.165) is 5.56 Å². The predicted octanol–water partition coefficient (Wildman–Crippen LogP) is 2.88. The van der Waals surface area contributed by atoms with Crippen molar-refractivity contribution in [2.75, 3.05) is 6.61 Å². The lowest BCUT2D eigenvalue weighted by molar-refractivity contribution is -0.150. The smallest absolute Gasteiger partial charge is 0.337 e. The van der Waals surface area contributed by atoms with Crippen molar-refractivity contribution in [1.82, 2.24) is 0 Å². The third kappa shape index (κ3) is 3.21. The molecule has 1 aromatic carbocycles. The third-order valence-corrected chi connectivity index (χ3v) is 2.13. The maximum Gasteiger partial charge on any atom is 0.337 e. The summed E-state index contributed by atoms with van der Waals surface area (Å²) in [7, 11) is 0. The summed E-state index contributed by atoms with van der Waals surface area (Å²) < 4.78 is 5.20. The second-order valence-electron chi connectivity index (χ2n) is 3.34. The molecule has 0 unspecified atom stereocenters. The van der Waals surface area contributed by atoms with Crippen LogP contribution in [0, 0.1) is 0 Å². The summed E-state index contributed by atoms with van der Waals surface area (Å²) in [4.78, 5) is 11.0. The highest BCUT2D eigenvalue weighted by molar-refractivity contribution is 5.74. The van der Waals surface area contributed by atoms with Gasteiger partial charge in [0.1, 0.15) is 0 Å². The maximum atomic E-state index is 11.0. The van der Waals surface area contributed by atoms with Crippen molar-refractivity contribution in [3.05, 3.63) is 41.5 Å². The molecule has 1 N–H and O–H groups in total. The van der Waals surface area contributed by atoms with Crippen LogP contribution < -0.4 is 0 Å². The monoisotopic (exact) mass is 220 g/mol. The van der Waals surface area contributed by atoms with Gasteiger partial charge in [-0.2, -0.15) is 0 Å². The van der Waals surface area contributed by atoms with Crippen molar-refractivity contribution in [3.63, 3.8) is 0 Å². The molecule has 0 fully saturated rings. The van der Waals surface area contributed by atoms with Crippen LogP contribution in [0.4, 0.5) is 0 Å². The Balaban J connectivity index is 2.99. The molecule has 0 spiro atoms. The number of aliphatic carboxylic acids is 1. The van der Waals surface area contributed by atoms with Crippen molar-refractivity contribution >= 4 is 12.0 Å². The molecule has 1 aromatic rings. The maximum absolute atomic E-state index is 11.0. The number of carbonyl (C=O) groups is 1. The van der Waals surface area contributed by atoms with Crippen LogP contribution >= 0.6 is 0 Å². The summed E-state index contributed by atoms with van der Waals surface area (Å²) in [6.45, 7) is 4.08. The molecule has 1 rings (SSSR count). The molecule has 0 aliphatic rings. The standard InChI is InChI=1S/C13H16O3/c1-3-6-10-7-5-8-11(9-10)12(13(14)15)16-4-2/h3,5-9,12H,4H2,1-2H3,(H,14,15)/b6-3+/t12-/m0/s1. The zero-order chi connectivity index (χ0) is 12.0. The van der Waals surface area contributed by atoms with E-state index in [4.69, 9.17) is 9.84 Å².